The van der Waals surface area contributed by atoms with Crippen molar-refractivity contribution in [2.75, 3.05) is 24.0 Å². The summed E-state index contributed by atoms with van der Waals surface area (Å²) in [7, 11) is 2.40. The van der Waals surface area contributed by atoms with Gasteiger partial charge >= 0.3 is 0 Å². The molecule has 1 saturated carbocycles. The fourth-order valence-corrected chi connectivity index (χ4v) is 9.16. The van der Waals surface area contributed by atoms with E-state index in [9.17, 15) is 37.5 Å². The minimum absolute atomic E-state index is 0.00241. The molecule has 6 atom stereocenters. The van der Waals surface area contributed by atoms with Gasteiger partial charge < -0.3 is 14.6 Å². The molecule has 7 rings (SSSR count). The summed E-state index contributed by atoms with van der Waals surface area (Å²) in [6, 6.07) is 9.01. The summed E-state index contributed by atoms with van der Waals surface area (Å²) >= 11 is 16.4. The molecule has 4 aliphatic rings. The van der Waals surface area contributed by atoms with Gasteiger partial charge in [0.15, 0.2) is 44.5 Å². The summed E-state index contributed by atoms with van der Waals surface area (Å²) in [6.07, 6.45) is 0.852. The van der Waals surface area contributed by atoms with Crippen molar-refractivity contribution in [1.29, 1.82) is 0 Å². The number of hydrogen-bond donors (Lipinski definition) is 1. The lowest BCUT2D eigenvalue weighted by molar-refractivity contribution is -0.125. The molecule has 3 aromatic carbocycles. The first-order valence-electron chi connectivity index (χ1n) is 15.1. The third-order valence-electron chi connectivity index (χ3n) is 10.1. The summed E-state index contributed by atoms with van der Waals surface area (Å²) in [5, 5.41) is 10.7. The number of amides is 4. The van der Waals surface area contributed by atoms with Crippen LogP contribution in [0.1, 0.15) is 24.3 Å². The number of hydrogen-bond acceptors (Lipinski definition) is 7. The van der Waals surface area contributed by atoms with Gasteiger partial charge in [-0.05, 0) is 83.3 Å². The Hall–Kier alpha value is -3.96. The maximum Gasteiger partial charge on any atom is 0.258 e. The first kappa shape index (κ1) is 35.4. The quantitative estimate of drug-likeness (QED) is 0.0595. The molecule has 2 aliphatic carbocycles. The molecule has 3 aromatic rings. The van der Waals surface area contributed by atoms with Gasteiger partial charge in [-0.3, -0.25) is 24.1 Å². The van der Waals surface area contributed by atoms with E-state index in [1.807, 2.05) is 0 Å². The van der Waals surface area contributed by atoms with E-state index in [0.29, 0.717) is 0 Å². The maximum atomic E-state index is 15.3. The Morgan fingerprint density at radius 2 is 1.35 bits per heavy atom. The van der Waals surface area contributed by atoms with Crippen molar-refractivity contribution in [1.82, 2.24) is 0 Å². The van der Waals surface area contributed by atoms with Gasteiger partial charge in [0.25, 0.3) is 11.8 Å². The van der Waals surface area contributed by atoms with E-state index in [-0.39, 0.29) is 39.6 Å². The monoisotopic (exact) mass is 862 g/mol. The number of anilines is 2. The van der Waals surface area contributed by atoms with E-state index in [2.05, 4.69) is 22.6 Å². The van der Waals surface area contributed by atoms with E-state index >= 15 is 8.78 Å². The molecule has 266 valence electrons. The number of benzene rings is 3. The van der Waals surface area contributed by atoms with Gasteiger partial charge in [-0.1, -0.05) is 11.6 Å². The van der Waals surface area contributed by atoms with Crippen LogP contribution in [0.5, 0.6) is 17.2 Å². The molecule has 0 bridgehead atoms. The third-order valence-corrected chi connectivity index (χ3v) is 12.3. The molecule has 2 saturated heterocycles. The average Bonchev–Trinajstić information content (AvgIpc) is 3.45. The molecule has 51 heavy (non-hydrogen) atoms. The maximum absolute atomic E-state index is 15.3. The van der Waals surface area contributed by atoms with Gasteiger partial charge in [-0.2, -0.15) is 0 Å². The van der Waals surface area contributed by atoms with Crippen molar-refractivity contribution in [3.05, 3.63) is 86.3 Å². The van der Waals surface area contributed by atoms with Crippen molar-refractivity contribution in [2.24, 2.45) is 17.8 Å². The van der Waals surface area contributed by atoms with Crippen LogP contribution in [-0.2, 0) is 19.2 Å². The van der Waals surface area contributed by atoms with Crippen molar-refractivity contribution in [3.8, 4) is 17.2 Å². The standard InChI is InChI=1S/C34H22Cl2F5IN2O7/c1-50-18-9-12(10-19(51-2)28(18)45)21-15-7-8-16-20(30(47)43(29(16)46)14-5-3-13(42)4-6-14)17(15)11-33(35)31(48)44(32(49)34(21,33)36)27-25(40)23(38)22(37)24(39)26(27)41/h3-7,9-10,16-17,20-21,45H,8,11H2,1-2H3/t16-,17+,20-,21-,33+,34-/m0/s1. The van der Waals surface area contributed by atoms with E-state index in [0.717, 1.165) is 8.47 Å². The third kappa shape index (κ3) is 4.62. The highest BCUT2D eigenvalue weighted by Gasteiger charge is 2.77. The fourth-order valence-electron chi connectivity index (χ4n) is 7.87. The van der Waals surface area contributed by atoms with Crippen molar-refractivity contribution < 1.29 is 55.7 Å². The van der Waals surface area contributed by atoms with Crippen LogP contribution in [0.2, 0.25) is 0 Å². The van der Waals surface area contributed by atoms with Crippen LogP contribution in [0.25, 0.3) is 0 Å². The number of carbonyl (C=O) groups is 4. The molecule has 0 radical (unpaired) electrons. The van der Waals surface area contributed by atoms with Gasteiger partial charge in [0.05, 0.1) is 31.7 Å². The molecule has 0 unspecified atom stereocenters. The molecule has 0 spiro atoms. The number of imide groups is 2. The Balaban J connectivity index is 1.46. The SMILES string of the molecule is COc1cc([C@H]2C3=CC[C@@H]4C(=O)N(c5ccc(I)cc5)C(=O)[C@@H]4[C@@H]3C[C@@]3(Cl)C(=O)N(c4c(F)c(F)c(F)c(F)c4F)C(=O)[C@@]23Cl)cc(OC)c1O. The molecule has 4 amide bonds. The summed E-state index contributed by atoms with van der Waals surface area (Å²) in [5.41, 5.74) is -1.38. The number of ether oxygens (including phenoxy) is 2. The zero-order chi connectivity index (χ0) is 37.1. The van der Waals surface area contributed by atoms with Crippen LogP contribution >= 0.6 is 45.8 Å². The first-order valence-corrected chi connectivity index (χ1v) is 16.9. The van der Waals surface area contributed by atoms with Gasteiger partial charge in [-0.15, -0.1) is 23.2 Å². The Labute approximate surface area is 309 Å². The fraction of sp³-hybridized carbons (Fsp3) is 0.294. The van der Waals surface area contributed by atoms with Gasteiger partial charge in [0, 0.05) is 9.49 Å². The largest absolute Gasteiger partial charge is 0.502 e. The topological polar surface area (TPSA) is 113 Å². The molecule has 1 N–H and O–H groups in total. The number of fused-ring (bicyclic) bond motifs is 4. The summed E-state index contributed by atoms with van der Waals surface area (Å²) in [4.78, 5) is 52.1. The molecule has 2 heterocycles. The lowest BCUT2D eigenvalue weighted by Crippen LogP contribution is -2.60. The van der Waals surface area contributed by atoms with Crippen LogP contribution in [0.15, 0.2) is 48.0 Å². The van der Waals surface area contributed by atoms with Crippen LogP contribution in [0.4, 0.5) is 33.3 Å². The molecule has 17 heteroatoms. The Kier molecular flexibility index (Phi) is 8.37. The Morgan fingerprint density at radius 1 is 0.804 bits per heavy atom. The van der Waals surface area contributed by atoms with E-state index in [1.54, 1.807) is 30.3 Å². The van der Waals surface area contributed by atoms with Crippen LogP contribution in [0.3, 0.4) is 0 Å². The normalized spacial score (nSPS) is 28.5. The zero-order valence-corrected chi connectivity index (χ0v) is 29.7. The number of phenols is 1. The van der Waals surface area contributed by atoms with Crippen LogP contribution < -0.4 is 19.3 Å². The second-order valence-corrected chi connectivity index (χ2v) is 14.9. The van der Waals surface area contributed by atoms with E-state index < -0.39 is 104 Å². The molecule has 3 fully saturated rings. The number of phenolic OH excluding ortho intramolecular Hbond substituents is 1. The zero-order valence-electron chi connectivity index (χ0n) is 26.1. The number of methoxy groups -OCH3 is 2. The number of aromatic hydroxyl groups is 1. The van der Waals surface area contributed by atoms with E-state index in [1.165, 1.54) is 26.4 Å². The second kappa shape index (κ2) is 12.0. The highest BCUT2D eigenvalue weighted by molar-refractivity contribution is 14.1. The summed E-state index contributed by atoms with van der Waals surface area (Å²) < 4.78 is 85.0. The second-order valence-electron chi connectivity index (χ2n) is 12.5. The Bertz CT molecular complexity index is 2080. The lowest BCUT2D eigenvalue weighted by atomic mass is 9.56. The Morgan fingerprint density at radius 3 is 1.90 bits per heavy atom. The van der Waals surface area contributed by atoms with E-state index in [4.69, 9.17) is 32.7 Å². The first-order chi connectivity index (χ1) is 24.0. The molecular weight excluding hydrogens is 841 g/mol. The average molecular weight is 863 g/mol. The number of halogens is 8. The number of rotatable bonds is 5. The number of allylic oxidation sites excluding steroid dienone is 2. The smallest absolute Gasteiger partial charge is 0.258 e. The van der Waals surface area contributed by atoms with Gasteiger partial charge in [-0.25, -0.2) is 26.9 Å². The van der Waals surface area contributed by atoms with Crippen molar-refractivity contribution in [2.45, 2.75) is 28.5 Å². The molecule has 0 aromatic heterocycles. The van der Waals surface area contributed by atoms with Gasteiger partial charge in [0.1, 0.15) is 5.69 Å². The van der Waals surface area contributed by atoms with Crippen LogP contribution in [-0.4, -0.2) is 52.7 Å². The highest BCUT2D eigenvalue weighted by atomic mass is 127. The molecular formula is C34H22Cl2F5IN2O7. The number of carbonyl (C=O) groups excluding carboxylic acids is 4. The number of nitrogens with zero attached hydrogens (tertiary/aromatic N) is 2. The minimum Gasteiger partial charge on any atom is -0.502 e. The summed E-state index contributed by atoms with van der Waals surface area (Å²) in [6.45, 7) is 0. The predicted octanol–water partition coefficient (Wildman–Crippen LogP) is 6.48. The molecule has 2 aliphatic heterocycles. The predicted molar refractivity (Wildman–Crippen MR) is 179 cm³/mol. The van der Waals surface area contributed by atoms with Gasteiger partial charge in [0.2, 0.25) is 23.4 Å². The van der Waals surface area contributed by atoms with Crippen molar-refractivity contribution in [3.63, 3.8) is 0 Å². The molecule has 9 nitrogen and oxygen atoms in total. The lowest BCUT2D eigenvalue weighted by Gasteiger charge is -2.50. The van der Waals surface area contributed by atoms with Crippen molar-refractivity contribution >= 4 is 80.8 Å². The number of alkyl halides is 2. The minimum atomic E-state index is -2.75. The highest BCUT2D eigenvalue weighted by Crippen LogP contribution is 2.66. The van der Waals surface area contributed by atoms with Crippen LogP contribution in [0, 0.1) is 50.4 Å². The summed E-state index contributed by atoms with van der Waals surface area (Å²) in [5.74, 6) is -22.5.